The molecular formula is C90H163NO8. The van der Waals surface area contributed by atoms with Gasteiger partial charge in [-0.05, 0) is 89.9 Å². The summed E-state index contributed by atoms with van der Waals surface area (Å²) >= 11 is 0. The van der Waals surface area contributed by atoms with E-state index in [0.29, 0.717) is 23.9 Å². The van der Waals surface area contributed by atoms with Crippen molar-refractivity contribution in [2.24, 2.45) is 0 Å². The van der Waals surface area contributed by atoms with Gasteiger partial charge in [-0.1, -0.05) is 394 Å². The molecule has 0 heterocycles. The summed E-state index contributed by atoms with van der Waals surface area (Å²) in [7, 11) is 5.95. The quantitative estimate of drug-likeness (QED) is 0.0195. The van der Waals surface area contributed by atoms with E-state index in [4.69, 9.17) is 18.9 Å². The number of carboxylic acids is 1. The molecule has 0 fully saturated rings. The van der Waals surface area contributed by atoms with Crippen LogP contribution in [0.4, 0.5) is 0 Å². The number of nitrogens with zero attached hydrogens (tertiary/aromatic N) is 1. The van der Waals surface area contributed by atoms with E-state index in [1.54, 1.807) is 0 Å². The molecule has 0 aromatic heterocycles. The SMILES string of the molecule is CC/C=C\C/C=C\C/C=C\C/C=C\C/C=C\CCCCCCCCCCCCCCCCCCCCCCCCCC(=O)OC(COC(=O)CCCCCCCCCCCCCCCCCCCCCCCCC/C=C\C/C=C\CCCCCCC)COC(OCC[N+](C)(C)C)C(=O)[O-]. The monoisotopic (exact) mass is 1390 g/mol. The van der Waals surface area contributed by atoms with Gasteiger partial charge in [0, 0.05) is 12.8 Å². The number of likely N-dealkylation sites (N-methyl/N-ethyl adjacent to an activating group) is 1. The Morgan fingerprint density at radius 3 is 0.859 bits per heavy atom. The zero-order chi connectivity index (χ0) is 71.8. The number of allylic oxidation sites excluding steroid dienone is 14. The molecule has 2 unspecified atom stereocenters. The van der Waals surface area contributed by atoms with Crippen molar-refractivity contribution >= 4 is 17.9 Å². The van der Waals surface area contributed by atoms with E-state index in [1.165, 1.54) is 308 Å². The van der Waals surface area contributed by atoms with E-state index in [1.807, 2.05) is 21.1 Å². The van der Waals surface area contributed by atoms with Crippen LogP contribution in [0.2, 0.25) is 0 Å². The minimum Gasteiger partial charge on any atom is -0.545 e. The molecule has 0 aromatic carbocycles. The Kier molecular flexibility index (Phi) is 77.3. The van der Waals surface area contributed by atoms with Gasteiger partial charge in [0.15, 0.2) is 12.4 Å². The van der Waals surface area contributed by atoms with Crippen LogP contribution < -0.4 is 5.11 Å². The number of aliphatic carboxylic acids is 1. The van der Waals surface area contributed by atoms with Gasteiger partial charge in [0.1, 0.15) is 13.2 Å². The predicted molar refractivity (Wildman–Crippen MR) is 426 cm³/mol. The highest BCUT2D eigenvalue weighted by molar-refractivity contribution is 5.70. The summed E-state index contributed by atoms with van der Waals surface area (Å²) < 4.78 is 22.9. The van der Waals surface area contributed by atoms with Crippen molar-refractivity contribution in [2.45, 2.75) is 424 Å². The summed E-state index contributed by atoms with van der Waals surface area (Å²) in [5.74, 6) is -2.25. The first-order chi connectivity index (χ1) is 48.6. The van der Waals surface area contributed by atoms with E-state index >= 15 is 0 Å². The first-order valence-corrected chi connectivity index (χ1v) is 42.7. The van der Waals surface area contributed by atoms with Crippen LogP contribution in [0.15, 0.2) is 85.1 Å². The highest BCUT2D eigenvalue weighted by Gasteiger charge is 2.22. The molecule has 9 heteroatoms. The molecule has 0 saturated heterocycles. The molecular weight excluding hydrogens is 1220 g/mol. The Labute approximate surface area is 614 Å². The Balaban J connectivity index is 3.94. The number of unbranched alkanes of at least 4 members (excludes halogenated alkanes) is 51. The largest absolute Gasteiger partial charge is 0.545 e. The molecule has 0 aliphatic rings. The van der Waals surface area contributed by atoms with Crippen molar-refractivity contribution in [1.82, 2.24) is 0 Å². The molecule has 0 rings (SSSR count). The van der Waals surface area contributed by atoms with Crippen LogP contribution in [0.1, 0.15) is 412 Å². The van der Waals surface area contributed by atoms with Crippen molar-refractivity contribution in [2.75, 3.05) is 47.5 Å². The number of hydrogen-bond donors (Lipinski definition) is 0. The Morgan fingerprint density at radius 1 is 0.313 bits per heavy atom. The molecule has 0 aliphatic carbocycles. The highest BCUT2D eigenvalue weighted by Crippen LogP contribution is 2.20. The van der Waals surface area contributed by atoms with Crippen LogP contribution in [0, 0.1) is 0 Å². The molecule has 2 atom stereocenters. The average molecular weight is 1390 g/mol. The molecule has 99 heavy (non-hydrogen) atoms. The standard InChI is InChI=1S/C90H163NO8/c1-6-8-10-12-14-16-18-20-22-24-26-28-30-32-34-36-38-40-42-43-44-45-47-49-51-53-55-57-59-61-63-65-67-69-71-73-75-77-79-81-88(93)99-86(85-98-90(89(94)95)96-83-82-91(3,4)5)84-97-87(92)80-78-76-74-72-70-68-66-64-62-60-58-56-54-52-50-48-46-41-39-37-35-33-31-29-27-25-23-21-19-17-15-13-11-9-7-2/h8,10,14,16,19-22,25-28,32,34,86,90H,6-7,9,11-13,15,17-18,23-24,29-31,33,35-85H2,1-5H3/b10-8-,16-14-,21-19-,22-20-,27-25-,28-26-,34-32-. The molecule has 0 radical (unpaired) electrons. The number of rotatable bonds is 80. The number of carboxylic acid groups (broad SMARTS) is 1. The van der Waals surface area contributed by atoms with Gasteiger partial charge in [-0.3, -0.25) is 9.59 Å². The lowest BCUT2D eigenvalue weighted by Gasteiger charge is -2.26. The van der Waals surface area contributed by atoms with Gasteiger partial charge in [-0.2, -0.15) is 0 Å². The minimum absolute atomic E-state index is 0.149. The molecule has 0 amide bonds. The molecule has 0 N–H and O–H groups in total. The summed E-state index contributed by atoms with van der Waals surface area (Å²) in [5.41, 5.74) is 0. The van der Waals surface area contributed by atoms with Gasteiger partial charge in [0.2, 0.25) is 0 Å². The fourth-order valence-corrected chi connectivity index (χ4v) is 12.7. The van der Waals surface area contributed by atoms with Crippen molar-refractivity contribution in [3.63, 3.8) is 0 Å². The van der Waals surface area contributed by atoms with Crippen LogP contribution >= 0.6 is 0 Å². The third kappa shape index (κ3) is 81.6. The maximum atomic E-state index is 13.0. The van der Waals surface area contributed by atoms with Crippen LogP contribution in [0.25, 0.3) is 0 Å². The third-order valence-corrected chi connectivity index (χ3v) is 19.1. The summed E-state index contributed by atoms with van der Waals surface area (Å²) in [5, 5.41) is 11.9. The maximum Gasteiger partial charge on any atom is 0.306 e. The molecule has 576 valence electrons. The van der Waals surface area contributed by atoms with Crippen molar-refractivity contribution in [1.29, 1.82) is 0 Å². The fourth-order valence-electron chi connectivity index (χ4n) is 12.7. The van der Waals surface area contributed by atoms with E-state index in [-0.39, 0.29) is 32.2 Å². The first-order valence-electron chi connectivity index (χ1n) is 42.7. The molecule has 0 aromatic rings. The number of hydrogen-bond acceptors (Lipinski definition) is 8. The molecule has 0 aliphatic heterocycles. The number of esters is 2. The summed E-state index contributed by atoms with van der Waals surface area (Å²) in [6.45, 7) is 4.69. The molecule has 9 nitrogen and oxygen atoms in total. The second-order valence-electron chi connectivity index (χ2n) is 30.1. The lowest BCUT2D eigenvalue weighted by molar-refractivity contribution is -0.870. The summed E-state index contributed by atoms with van der Waals surface area (Å²) in [6.07, 6.45) is 107. The number of carbonyl (C=O) groups is 3. The third-order valence-electron chi connectivity index (χ3n) is 19.1. The Hall–Kier alpha value is -3.53. The van der Waals surface area contributed by atoms with Crippen LogP contribution in [-0.4, -0.2) is 82.3 Å². The van der Waals surface area contributed by atoms with Gasteiger partial charge < -0.3 is 33.3 Å². The maximum absolute atomic E-state index is 13.0. The van der Waals surface area contributed by atoms with Crippen LogP contribution in [0.3, 0.4) is 0 Å². The Morgan fingerprint density at radius 2 is 0.576 bits per heavy atom. The smallest absolute Gasteiger partial charge is 0.306 e. The molecule has 0 bridgehead atoms. The number of quaternary nitrogens is 1. The van der Waals surface area contributed by atoms with E-state index in [9.17, 15) is 19.5 Å². The van der Waals surface area contributed by atoms with Gasteiger partial charge >= 0.3 is 11.9 Å². The van der Waals surface area contributed by atoms with Crippen LogP contribution in [0.5, 0.6) is 0 Å². The topological polar surface area (TPSA) is 111 Å². The van der Waals surface area contributed by atoms with Crippen molar-refractivity contribution < 1.29 is 42.9 Å². The average Bonchev–Trinajstić information content (AvgIpc) is 1.14. The second-order valence-corrected chi connectivity index (χ2v) is 30.1. The van der Waals surface area contributed by atoms with E-state index < -0.39 is 24.3 Å². The lowest BCUT2D eigenvalue weighted by atomic mass is 10.0. The normalized spacial score (nSPS) is 13.0. The Bertz CT molecular complexity index is 1910. The summed E-state index contributed by atoms with van der Waals surface area (Å²) in [6, 6.07) is 0. The first kappa shape index (κ1) is 95.5. The fraction of sp³-hybridized carbons (Fsp3) is 0.811. The van der Waals surface area contributed by atoms with Gasteiger partial charge in [-0.15, -0.1) is 0 Å². The van der Waals surface area contributed by atoms with Gasteiger partial charge in [-0.25, -0.2) is 0 Å². The lowest BCUT2D eigenvalue weighted by Crippen LogP contribution is -2.44. The second kappa shape index (κ2) is 80.2. The molecule has 0 spiro atoms. The van der Waals surface area contributed by atoms with Crippen molar-refractivity contribution in [3.8, 4) is 0 Å². The number of ether oxygens (including phenoxy) is 4. The van der Waals surface area contributed by atoms with E-state index in [0.717, 1.165) is 70.6 Å². The minimum atomic E-state index is -1.62. The summed E-state index contributed by atoms with van der Waals surface area (Å²) in [4.78, 5) is 37.7. The van der Waals surface area contributed by atoms with Crippen LogP contribution in [-0.2, 0) is 33.3 Å². The zero-order valence-corrected chi connectivity index (χ0v) is 66.1. The predicted octanol–water partition coefficient (Wildman–Crippen LogP) is 26.4. The van der Waals surface area contributed by atoms with E-state index in [2.05, 4.69) is 98.9 Å². The van der Waals surface area contributed by atoms with Gasteiger partial charge in [0.05, 0.1) is 40.3 Å². The van der Waals surface area contributed by atoms with Crippen molar-refractivity contribution in [3.05, 3.63) is 85.1 Å². The zero-order valence-electron chi connectivity index (χ0n) is 66.1. The molecule has 0 saturated carbocycles. The number of carbonyl (C=O) groups excluding carboxylic acids is 3. The van der Waals surface area contributed by atoms with Gasteiger partial charge in [0.25, 0.3) is 0 Å². The highest BCUT2D eigenvalue weighted by atomic mass is 16.7.